The van der Waals surface area contributed by atoms with E-state index in [2.05, 4.69) is 30.6 Å². The first kappa shape index (κ1) is 13.4. The first-order valence-corrected chi connectivity index (χ1v) is 7.67. The zero-order chi connectivity index (χ0) is 12.3. The summed E-state index contributed by atoms with van der Waals surface area (Å²) in [6.07, 6.45) is 5.64. The third-order valence-corrected chi connectivity index (χ3v) is 4.57. The van der Waals surface area contributed by atoms with Gasteiger partial charge in [0, 0.05) is 38.8 Å². The zero-order valence-electron chi connectivity index (χ0n) is 12.0. The first-order chi connectivity index (χ1) is 8.20. The molecular weight excluding hydrogens is 208 g/mol. The maximum Gasteiger partial charge on any atom is 0.0252 e. The van der Waals surface area contributed by atoms with Crippen molar-refractivity contribution in [2.45, 2.75) is 52.5 Å². The number of rotatable bonds is 6. The molecule has 2 unspecified atom stereocenters. The Kier molecular flexibility index (Phi) is 4.87. The predicted octanol–water partition coefficient (Wildman–Crippen LogP) is 2.84. The topological polar surface area (TPSA) is 6.48 Å². The highest BCUT2D eigenvalue weighted by atomic mass is 15.3. The molecule has 17 heavy (non-hydrogen) atoms. The summed E-state index contributed by atoms with van der Waals surface area (Å²) >= 11 is 0. The summed E-state index contributed by atoms with van der Waals surface area (Å²) in [5, 5.41) is 0. The van der Waals surface area contributed by atoms with E-state index in [4.69, 9.17) is 0 Å². The molecule has 3 rings (SSSR count). The van der Waals surface area contributed by atoms with Crippen LogP contribution >= 0.6 is 0 Å². The van der Waals surface area contributed by atoms with Crippen molar-refractivity contribution < 1.29 is 0 Å². The van der Waals surface area contributed by atoms with Crippen LogP contribution in [0.2, 0.25) is 0 Å². The van der Waals surface area contributed by atoms with Crippen LogP contribution in [0.4, 0.5) is 0 Å². The molecule has 0 aromatic rings. The Morgan fingerprint density at radius 2 is 1.82 bits per heavy atom. The summed E-state index contributed by atoms with van der Waals surface area (Å²) in [6.45, 7) is 13.7. The van der Waals surface area contributed by atoms with Crippen molar-refractivity contribution >= 4 is 0 Å². The van der Waals surface area contributed by atoms with Gasteiger partial charge in [0.2, 0.25) is 0 Å². The van der Waals surface area contributed by atoms with Crippen molar-refractivity contribution in [1.29, 1.82) is 0 Å². The fourth-order valence-corrected chi connectivity index (χ4v) is 3.64. The summed E-state index contributed by atoms with van der Waals surface area (Å²) in [4.78, 5) is 5.46. The monoisotopic (exact) mass is 238 g/mol. The average Bonchev–Trinajstić information content (AvgIpc) is 2.35. The molecule has 0 spiro atoms. The lowest BCUT2D eigenvalue weighted by atomic mass is 9.83. The minimum Gasteiger partial charge on any atom is -0.299 e. The summed E-state index contributed by atoms with van der Waals surface area (Å²) in [6, 6.07) is 0.867. The number of unbranched alkanes of at least 4 members (excludes halogenated alkanes) is 1. The molecule has 0 saturated carbocycles. The minimum absolute atomic E-state index is 0.855. The molecule has 3 heterocycles. The standard InChI is InChI=1S/C15H30N2/c1-4-5-6-14(11-13(2)3)15-12-16-7-9-17(15)10-8-16/h13-15H,4-12H2,1-3H3. The minimum atomic E-state index is 0.855. The van der Waals surface area contributed by atoms with Crippen molar-refractivity contribution in [3.63, 3.8) is 0 Å². The molecule has 0 amide bonds. The van der Waals surface area contributed by atoms with Crippen molar-refractivity contribution in [3.8, 4) is 0 Å². The van der Waals surface area contributed by atoms with Crippen LogP contribution in [-0.2, 0) is 0 Å². The van der Waals surface area contributed by atoms with Gasteiger partial charge in [-0.3, -0.25) is 9.80 Å². The molecule has 0 N–H and O–H groups in total. The van der Waals surface area contributed by atoms with Crippen molar-refractivity contribution in [1.82, 2.24) is 9.80 Å². The Labute approximate surface area is 107 Å². The Morgan fingerprint density at radius 1 is 1.12 bits per heavy atom. The molecule has 2 nitrogen and oxygen atoms in total. The van der Waals surface area contributed by atoms with Gasteiger partial charge < -0.3 is 0 Å². The molecule has 2 bridgehead atoms. The highest BCUT2D eigenvalue weighted by Gasteiger charge is 2.36. The van der Waals surface area contributed by atoms with Crippen LogP contribution in [0.3, 0.4) is 0 Å². The molecule has 3 fully saturated rings. The highest BCUT2D eigenvalue weighted by molar-refractivity contribution is 4.92. The second kappa shape index (κ2) is 6.19. The van der Waals surface area contributed by atoms with Gasteiger partial charge in [0.1, 0.15) is 0 Å². The van der Waals surface area contributed by atoms with E-state index in [1.165, 1.54) is 58.4 Å². The number of hydrogen-bond donors (Lipinski definition) is 0. The molecule has 2 atom stereocenters. The van der Waals surface area contributed by atoms with Crippen LogP contribution in [0.25, 0.3) is 0 Å². The molecular formula is C15H30N2. The van der Waals surface area contributed by atoms with Gasteiger partial charge >= 0.3 is 0 Å². The molecule has 2 heteroatoms. The van der Waals surface area contributed by atoms with E-state index in [-0.39, 0.29) is 0 Å². The van der Waals surface area contributed by atoms with Gasteiger partial charge in [-0.05, 0) is 24.7 Å². The lowest BCUT2D eigenvalue weighted by Crippen LogP contribution is -2.63. The number of fused-ring (bicyclic) bond motifs is 3. The van der Waals surface area contributed by atoms with Crippen molar-refractivity contribution in [2.75, 3.05) is 32.7 Å². The second-order valence-electron chi connectivity index (χ2n) is 6.44. The van der Waals surface area contributed by atoms with Gasteiger partial charge in [0.05, 0.1) is 0 Å². The first-order valence-electron chi connectivity index (χ1n) is 7.67. The van der Waals surface area contributed by atoms with Crippen LogP contribution in [-0.4, -0.2) is 48.6 Å². The Balaban J connectivity index is 1.94. The number of hydrogen-bond acceptors (Lipinski definition) is 2. The van der Waals surface area contributed by atoms with Crippen LogP contribution in [0, 0.1) is 11.8 Å². The molecule has 0 aromatic carbocycles. The van der Waals surface area contributed by atoms with Crippen LogP contribution in [0.15, 0.2) is 0 Å². The maximum absolute atomic E-state index is 2.78. The number of nitrogens with zero attached hydrogens (tertiary/aromatic N) is 2. The summed E-state index contributed by atoms with van der Waals surface area (Å²) in [7, 11) is 0. The van der Waals surface area contributed by atoms with Crippen LogP contribution in [0.5, 0.6) is 0 Å². The van der Waals surface area contributed by atoms with Gasteiger partial charge in [-0.1, -0.05) is 33.6 Å². The quantitative estimate of drug-likeness (QED) is 0.702. The number of piperazine rings is 3. The molecule has 3 aliphatic heterocycles. The normalized spacial score (nSPS) is 34.2. The molecule has 0 aliphatic carbocycles. The van der Waals surface area contributed by atoms with Crippen LogP contribution in [0.1, 0.15) is 46.5 Å². The molecule has 0 aromatic heterocycles. The summed E-state index contributed by atoms with van der Waals surface area (Å²) < 4.78 is 0. The maximum atomic E-state index is 2.78. The van der Waals surface area contributed by atoms with E-state index in [1.54, 1.807) is 0 Å². The van der Waals surface area contributed by atoms with E-state index in [9.17, 15) is 0 Å². The van der Waals surface area contributed by atoms with Crippen molar-refractivity contribution in [3.05, 3.63) is 0 Å². The highest BCUT2D eigenvalue weighted by Crippen LogP contribution is 2.29. The Bertz CT molecular complexity index is 219. The molecule has 3 saturated heterocycles. The second-order valence-corrected chi connectivity index (χ2v) is 6.44. The predicted molar refractivity (Wildman–Crippen MR) is 74.3 cm³/mol. The van der Waals surface area contributed by atoms with E-state index >= 15 is 0 Å². The summed E-state index contributed by atoms with van der Waals surface area (Å²) in [5.41, 5.74) is 0. The fraction of sp³-hybridized carbons (Fsp3) is 1.00. The smallest absolute Gasteiger partial charge is 0.0252 e. The van der Waals surface area contributed by atoms with Gasteiger partial charge in [-0.25, -0.2) is 0 Å². The molecule has 3 aliphatic rings. The molecule has 0 radical (unpaired) electrons. The fourth-order valence-electron chi connectivity index (χ4n) is 3.64. The van der Waals surface area contributed by atoms with Crippen LogP contribution < -0.4 is 0 Å². The van der Waals surface area contributed by atoms with Gasteiger partial charge in [0.15, 0.2) is 0 Å². The van der Waals surface area contributed by atoms with Gasteiger partial charge in [-0.2, -0.15) is 0 Å². The lowest BCUT2D eigenvalue weighted by molar-refractivity contribution is -0.0189. The van der Waals surface area contributed by atoms with E-state index in [1.807, 2.05) is 0 Å². The molecule has 100 valence electrons. The SMILES string of the molecule is CCCCC(CC(C)C)C1CN2CCN1CC2. The lowest BCUT2D eigenvalue weighted by Gasteiger charge is -2.50. The Morgan fingerprint density at radius 3 is 2.29 bits per heavy atom. The van der Waals surface area contributed by atoms with E-state index in [0.29, 0.717) is 0 Å². The van der Waals surface area contributed by atoms with E-state index < -0.39 is 0 Å². The van der Waals surface area contributed by atoms with Gasteiger partial charge in [-0.15, -0.1) is 0 Å². The van der Waals surface area contributed by atoms with Gasteiger partial charge in [0.25, 0.3) is 0 Å². The average molecular weight is 238 g/mol. The Hall–Kier alpha value is -0.0800. The van der Waals surface area contributed by atoms with Crippen molar-refractivity contribution in [2.24, 2.45) is 11.8 Å². The zero-order valence-corrected chi connectivity index (χ0v) is 12.0. The largest absolute Gasteiger partial charge is 0.299 e. The summed E-state index contributed by atoms with van der Waals surface area (Å²) in [5.74, 6) is 1.80. The van der Waals surface area contributed by atoms with E-state index in [0.717, 1.165) is 17.9 Å². The third kappa shape index (κ3) is 3.45. The third-order valence-electron chi connectivity index (χ3n) is 4.57.